The predicted octanol–water partition coefficient (Wildman–Crippen LogP) is 3.48. The maximum absolute atomic E-state index is 12.7. The van der Waals surface area contributed by atoms with Crippen molar-refractivity contribution in [2.75, 3.05) is 25.0 Å². The summed E-state index contributed by atoms with van der Waals surface area (Å²) < 4.78 is 5.05. The van der Waals surface area contributed by atoms with Crippen molar-refractivity contribution in [2.24, 2.45) is 11.8 Å². The number of nitrogens with one attached hydrogen (secondary N) is 1. The van der Waals surface area contributed by atoms with E-state index in [0.717, 1.165) is 25.9 Å². The van der Waals surface area contributed by atoms with E-state index in [1.165, 1.54) is 0 Å². The fourth-order valence-corrected chi connectivity index (χ4v) is 3.61. The largest absolute Gasteiger partial charge is 0.462 e. The first-order valence-corrected chi connectivity index (χ1v) is 9.87. The molecule has 0 radical (unpaired) electrons. The van der Waals surface area contributed by atoms with E-state index in [2.05, 4.69) is 5.32 Å². The normalized spacial score (nSPS) is 19.2. The number of hydrogen-bond acceptors (Lipinski definition) is 4. The molecule has 1 aliphatic carbocycles. The van der Waals surface area contributed by atoms with Crippen LogP contribution in [-0.4, -0.2) is 42.4 Å². The Hall–Kier alpha value is -2.37. The zero-order valence-electron chi connectivity index (χ0n) is 16.5. The Bertz CT molecular complexity index is 662. The quantitative estimate of drug-likeness (QED) is 0.742. The zero-order chi connectivity index (χ0) is 19.8. The summed E-state index contributed by atoms with van der Waals surface area (Å²) in [7, 11) is 0. The van der Waals surface area contributed by atoms with Gasteiger partial charge >= 0.3 is 5.97 Å². The minimum Gasteiger partial charge on any atom is -0.462 e. The fourth-order valence-electron chi connectivity index (χ4n) is 3.61. The molecule has 0 unspecified atom stereocenters. The van der Waals surface area contributed by atoms with Crippen molar-refractivity contribution in [1.29, 1.82) is 0 Å². The Morgan fingerprint density at radius 2 is 1.59 bits per heavy atom. The highest BCUT2D eigenvalue weighted by atomic mass is 16.5. The van der Waals surface area contributed by atoms with E-state index in [4.69, 9.17) is 4.74 Å². The number of ether oxygens (including phenoxy) is 1. The van der Waals surface area contributed by atoms with Gasteiger partial charge in [-0.2, -0.15) is 0 Å². The summed E-state index contributed by atoms with van der Waals surface area (Å²) in [4.78, 5) is 39.1. The van der Waals surface area contributed by atoms with E-state index in [1.807, 2.05) is 18.7 Å². The van der Waals surface area contributed by atoms with Gasteiger partial charge in [0.1, 0.15) is 0 Å². The molecule has 0 aliphatic heterocycles. The maximum Gasteiger partial charge on any atom is 0.340 e. The molecule has 0 atom stereocenters. The number of esters is 1. The zero-order valence-corrected chi connectivity index (χ0v) is 16.5. The van der Waals surface area contributed by atoms with Crippen LogP contribution in [0.5, 0.6) is 0 Å². The molecule has 1 saturated carbocycles. The molecule has 6 heteroatoms. The van der Waals surface area contributed by atoms with Gasteiger partial charge in [0.2, 0.25) is 11.8 Å². The van der Waals surface area contributed by atoms with E-state index < -0.39 is 5.97 Å². The second-order valence-corrected chi connectivity index (χ2v) is 6.81. The van der Waals surface area contributed by atoms with Crippen LogP contribution in [0.1, 0.15) is 56.8 Å². The molecule has 0 heterocycles. The number of hydrogen-bond donors (Lipinski definition) is 1. The third-order valence-electron chi connectivity index (χ3n) is 5.20. The predicted molar refractivity (Wildman–Crippen MR) is 104 cm³/mol. The van der Waals surface area contributed by atoms with Crippen molar-refractivity contribution in [3.63, 3.8) is 0 Å². The molecule has 6 nitrogen and oxygen atoms in total. The highest BCUT2D eigenvalue weighted by Crippen LogP contribution is 2.31. The van der Waals surface area contributed by atoms with Gasteiger partial charge in [-0.15, -0.1) is 0 Å². The van der Waals surface area contributed by atoms with Gasteiger partial charge in [0.25, 0.3) is 0 Å². The number of nitrogens with zero attached hydrogens (tertiary/aromatic N) is 1. The van der Waals surface area contributed by atoms with E-state index in [-0.39, 0.29) is 30.3 Å². The minimum atomic E-state index is -0.443. The monoisotopic (exact) mass is 374 g/mol. The Kier molecular flexibility index (Phi) is 7.82. The molecule has 2 amide bonds. The second-order valence-electron chi connectivity index (χ2n) is 6.81. The highest BCUT2D eigenvalue weighted by molar-refractivity contribution is 6.01. The van der Waals surface area contributed by atoms with Gasteiger partial charge in [-0.1, -0.05) is 12.1 Å². The Balaban J connectivity index is 1.96. The van der Waals surface area contributed by atoms with Gasteiger partial charge in [-0.05, 0) is 58.6 Å². The van der Waals surface area contributed by atoms with Gasteiger partial charge in [-0.25, -0.2) is 4.79 Å². The van der Waals surface area contributed by atoms with Crippen molar-refractivity contribution in [3.05, 3.63) is 29.8 Å². The van der Waals surface area contributed by atoms with Gasteiger partial charge < -0.3 is 15.0 Å². The molecule has 0 bridgehead atoms. The van der Waals surface area contributed by atoms with Crippen LogP contribution >= 0.6 is 0 Å². The number of carbonyl (C=O) groups excluding carboxylic acids is 3. The lowest BCUT2D eigenvalue weighted by atomic mass is 9.81. The summed E-state index contributed by atoms with van der Waals surface area (Å²) in [5, 5.41) is 2.87. The standard InChI is InChI=1S/C21H30N2O4/c1-4-23(5-2)20(25)16-13-11-15(12-14-16)19(24)22-18-10-8-7-9-17(18)21(26)27-6-3/h7-10,15-16H,4-6,11-14H2,1-3H3,(H,22,24). The van der Waals surface area contributed by atoms with Crippen LogP contribution in [0.25, 0.3) is 0 Å². The fraction of sp³-hybridized carbons (Fsp3) is 0.571. The summed E-state index contributed by atoms with van der Waals surface area (Å²) >= 11 is 0. The SMILES string of the molecule is CCOC(=O)c1ccccc1NC(=O)C1CCC(C(=O)N(CC)CC)CC1. The lowest BCUT2D eigenvalue weighted by molar-refractivity contribution is -0.137. The van der Waals surface area contributed by atoms with E-state index in [9.17, 15) is 14.4 Å². The molecule has 148 valence electrons. The van der Waals surface area contributed by atoms with Crippen LogP contribution in [-0.2, 0) is 14.3 Å². The first-order valence-electron chi connectivity index (χ1n) is 9.87. The summed E-state index contributed by atoms with van der Waals surface area (Å²) in [6.07, 6.45) is 2.83. The molecule has 0 saturated heterocycles. The number of rotatable bonds is 7. The summed E-state index contributed by atoms with van der Waals surface area (Å²) in [6, 6.07) is 6.87. The number of benzene rings is 1. The number of carbonyl (C=O) groups is 3. The van der Waals surface area contributed by atoms with Crippen LogP contribution in [0, 0.1) is 11.8 Å². The topological polar surface area (TPSA) is 75.7 Å². The molecule has 1 aromatic carbocycles. The number of para-hydroxylation sites is 1. The van der Waals surface area contributed by atoms with E-state index in [0.29, 0.717) is 24.1 Å². The van der Waals surface area contributed by atoms with Crippen LogP contribution < -0.4 is 5.32 Å². The average molecular weight is 374 g/mol. The Morgan fingerprint density at radius 1 is 1.00 bits per heavy atom. The van der Waals surface area contributed by atoms with E-state index in [1.54, 1.807) is 31.2 Å². The molecule has 0 spiro atoms. The number of anilines is 1. The van der Waals surface area contributed by atoms with Crippen molar-refractivity contribution >= 4 is 23.5 Å². The summed E-state index contributed by atoms with van der Waals surface area (Å²) in [5.74, 6) is -0.462. The third-order valence-corrected chi connectivity index (χ3v) is 5.20. The van der Waals surface area contributed by atoms with Crippen molar-refractivity contribution in [3.8, 4) is 0 Å². The molecular weight excluding hydrogens is 344 g/mol. The first-order chi connectivity index (χ1) is 13.0. The lowest BCUT2D eigenvalue weighted by Crippen LogP contribution is -2.38. The smallest absolute Gasteiger partial charge is 0.340 e. The van der Waals surface area contributed by atoms with Crippen LogP contribution in [0.4, 0.5) is 5.69 Å². The average Bonchev–Trinajstić information content (AvgIpc) is 2.69. The van der Waals surface area contributed by atoms with Crippen LogP contribution in [0.2, 0.25) is 0 Å². The van der Waals surface area contributed by atoms with Crippen LogP contribution in [0.3, 0.4) is 0 Å². The molecular formula is C21H30N2O4. The Labute approximate surface area is 161 Å². The number of amides is 2. The van der Waals surface area contributed by atoms with Gasteiger partial charge in [0.15, 0.2) is 0 Å². The van der Waals surface area contributed by atoms with Crippen molar-refractivity contribution in [1.82, 2.24) is 4.90 Å². The van der Waals surface area contributed by atoms with Gasteiger partial charge in [0, 0.05) is 24.9 Å². The van der Waals surface area contributed by atoms with Gasteiger partial charge in [0.05, 0.1) is 17.9 Å². The molecule has 1 aliphatic rings. The molecule has 1 N–H and O–H groups in total. The maximum atomic E-state index is 12.7. The third kappa shape index (κ3) is 5.31. The highest BCUT2D eigenvalue weighted by Gasteiger charge is 2.31. The minimum absolute atomic E-state index is 0.0146. The molecule has 1 fully saturated rings. The Morgan fingerprint density at radius 3 is 2.19 bits per heavy atom. The second kappa shape index (κ2) is 10.1. The molecule has 0 aromatic heterocycles. The first kappa shape index (κ1) is 20.9. The van der Waals surface area contributed by atoms with Gasteiger partial charge in [-0.3, -0.25) is 9.59 Å². The molecule has 27 heavy (non-hydrogen) atoms. The molecule has 1 aromatic rings. The molecule has 2 rings (SSSR count). The lowest BCUT2D eigenvalue weighted by Gasteiger charge is -2.30. The van der Waals surface area contributed by atoms with E-state index >= 15 is 0 Å². The van der Waals surface area contributed by atoms with Crippen molar-refractivity contribution < 1.29 is 19.1 Å². The van der Waals surface area contributed by atoms with Crippen LogP contribution in [0.15, 0.2) is 24.3 Å². The van der Waals surface area contributed by atoms with Crippen molar-refractivity contribution in [2.45, 2.75) is 46.5 Å². The summed E-state index contributed by atoms with van der Waals surface area (Å²) in [5.41, 5.74) is 0.834. The summed E-state index contributed by atoms with van der Waals surface area (Å²) in [6.45, 7) is 7.45.